The molecule has 172 valence electrons. The summed E-state index contributed by atoms with van der Waals surface area (Å²) >= 11 is 1.30. The third-order valence-corrected chi connectivity index (χ3v) is 6.10. The third kappa shape index (κ3) is 5.86. The molecule has 0 bridgehead atoms. The maximum absolute atomic E-state index is 14.2. The predicted molar refractivity (Wildman–Crippen MR) is 125 cm³/mol. The zero-order valence-electron chi connectivity index (χ0n) is 17.7. The molecule has 0 atom stereocenters. The quantitative estimate of drug-likeness (QED) is 0.490. The van der Waals surface area contributed by atoms with Crippen molar-refractivity contribution >= 4 is 45.0 Å². The van der Waals surface area contributed by atoms with Gasteiger partial charge < -0.3 is 14.2 Å². The molecule has 10 heteroatoms. The molecule has 2 heterocycles. The van der Waals surface area contributed by atoms with E-state index in [1.54, 1.807) is 48.4 Å². The Kier molecular flexibility index (Phi) is 8.63. The van der Waals surface area contributed by atoms with Gasteiger partial charge >= 0.3 is 0 Å². The Morgan fingerprint density at radius 1 is 1.19 bits per heavy atom. The first-order chi connectivity index (χ1) is 15.1. The van der Waals surface area contributed by atoms with E-state index in [0.717, 1.165) is 13.1 Å². The van der Waals surface area contributed by atoms with Crippen LogP contribution in [0.5, 0.6) is 11.5 Å². The van der Waals surface area contributed by atoms with Crippen molar-refractivity contribution in [2.75, 3.05) is 58.0 Å². The number of carbonyl (C=O) groups excluding carboxylic acids is 1. The summed E-state index contributed by atoms with van der Waals surface area (Å²) < 4.78 is 31.1. The number of benzene rings is 2. The highest BCUT2D eigenvalue weighted by Crippen LogP contribution is 2.30. The van der Waals surface area contributed by atoms with Gasteiger partial charge in [-0.1, -0.05) is 17.4 Å². The molecule has 1 aliphatic heterocycles. The number of ether oxygens (including phenoxy) is 3. The van der Waals surface area contributed by atoms with Crippen LogP contribution in [0.4, 0.5) is 9.52 Å². The zero-order chi connectivity index (χ0) is 21.6. The molecule has 0 spiro atoms. The molecule has 0 saturated carbocycles. The van der Waals surface area contributed by atoms with Crippen LogP contribution in [0.15, 0.2) is 42.5 Å². The first kappa shape index (κ1) is 24.2. The van der Waals surface area contributed by atoms with Gasteiger partial charge in [-0.2, -0.15) is 0 Å². The monoisotopic (exact) mass is 481 g/mol. The Bertz CT molecular complexity index is 1030. The van der Waals surface area contributed by atoms with Gasteiger partial charge in [0, 0.05) is 26.2 Å². The highest BCUT2D eigenvalue weighted by Gasteiger charge is 2.23. The van der Waals surface area contributed by atoms with Crippen molar-refractivity contribution in [3.63, 3.8) is 0 Å². The van der Waals surface area contributed by atoms with Gasteiger partial charge in [0.2, 0.25) is 0 Å². The Hall–Kier alpha value is -2.46. The molecule has 0 aliphatic carbocycles. The van der Waals surface area contributed by atoms with Crippen LogP contribution in [0.2, 0.25) is 0 Å². The molecule has 1 amide bonds. The second-order valence-corrected chi connectivity index (χ2v) is 8.06. The second kappa shape index (κ2) is 11.4. The number of morpholine rings is 1. The van der Waals surface area contributed by atoms with E-state index in [9.17, 15) is 9.18 Å². The maximum atomic E-state index is 14.2. The Morgan fingerprint density at radius 3 is 2.59 bits per heavy atom. The van der Waals surface area contributed by atoms with Gasteiger partial charge in [-0.15, -0.1) is 12.4 Å². The molecule has 3 aromatic rings. The van der Waals surface area contributed by atoms with E-state index in [4.69, 9.17) is 14.2 Å². The smallest absolute Gasteiger partial charge is 0.266 e. The van der Waals surface area contributed by atoms with Crippen LogP contribution >= 0.6 is 23.7 Å². The lowest BCUT2D eigenvalue weighted by Crippen LogP contribution is -2.44. The van der Waals surface area contributed by atoms with E-state index in [1.807, 2.05) is 0 Å². The number of rotatable bonds is 8. The number of para-hydroxylation sites is 1. The number of nitrogens with zero attached hydrogens (tertiary/aromatic N) is 3. The van der Waals surface area contributed by atoms with Gasteiger partial charge in [0.05, 0.1) is 25.0 Å². The number of hydrogen-bond acceptors (Lipinski definition) is 7. The molecule has 0 N–H and O–H groups in total. The first-order valence-corrected chi connectivity index (χ1v) is 10.9. The van der Waals surface area contributed by atoms with Crippen molar-refractivity contribution in [2.24, 2.45) is 0 Å². The van der Waals surface area contributed by atoms with Crippen molar-refractivity contribution in [1.29, 1.82) is 0 Å². The molecular weight excluding hydrogens is 457 g/mol. The number of fused-ring (bicyclic) bond motifs is 1. The van der Waals surface area contributed by atoms with Crippen molar-refractivity contribution < 1.29 is 23.4 Å². The summed E-state index contributed by atoms with van der Waals surface area (Å²) in [5, 5.41) is 0.469. The lowest BCUT2D eigenvalue weighted by molar-refractivity contribution is -0.120. The molecule has 7 nitrogen and oxygen atoms in total. The van der Waals surface area contributed by atoms with Gasteiger partial charge in [0.1, 0.15) is 22.8 Å². The summed E-state index contributed by atoms with van der Waals surface area (Å²) in [6.07, 6.45) is 0. The van der Waals surface area contributed by atoms with Crippen molar-refractivity contribution in [1.82, 2.24) is 9.88 Å². The molecule has 0 unspecified atom stereocenters. The molecule has 2 aromatic carbocycles. The van der Waals surface area contributed by atoms with Crippen LogP contribution in [0.3, 0.4) is 0 Å². The maximum Gasteiger partial charge on any atom is 0.266 e. The molecule has 4 rings (SSSR count). The SMILES string of the molecule is COc1ccc(OCC(=O)N(CCN2CCOCC2)c2nc3c(F)cccc3s2)cc1.Cl. The standard InChI is InChI=1S/C22H24FN3O4S.ClH/c1-28-16-5-7-17(8-6-16)30-15-20(27)26(10-9-25-11-13-29-14-12-25)22-24-21-18(23)3-2-4-19(21)31-22;/h2-8H,9-15H2,1H3;1H. The number of carbonyl (C=O) groups is 1. The number of anilines is 1. The Balaban J connectivity index is 0.00000289. The first-order valence-electron chi connectivity index (χ1n) is 10.1. The number of methoxy groups -OCH3 is 1. The van der Waals surface area contributed by atoms with E-state index in [2.05, 4.69) is 9.88 Å². The molecule has 1 aliphatic rings. The molecule has 0 radical (unpaired) electrons. The van der Waals surface area contributed by atoms with Crippen LogP contribution in [0, 0.1) is 5.82 Å². The van der Waals surface area contributed by atoms with Crippen LogP contribution in [0.1, 0.15) is 0 Å². The van der Waals surface area contributed by atoms with E-state index in [1.165, 1.54) is 17.4 Å². The minimum Gasteiger partial charge on any atom is -0.497 e. The minimum atomic E-state index is -0.393. The zero-order valence-corrected chi connectivity index (χ0v) is 19.3. The van der Waals surface area contributed by atoms with Gasteiger partial charge in [-0.3, -0.25) is 14.6 Å². The highest BCUT2D eigenvalue weighted by atomic mass is 35.5. The van der Waals surface area contributed by atoms with Crippen molar-refractivity contribution in [3.8, 4) is 11.5 Å². The van der Waals surface area contributed by atoms with E-state index >= 15 is 0 Å². The van der Waals surface area contributed by atoms with Gasteiger partial charge in [0.15, 0.2) is 11.7 Å². The molecule has 32 heavy (non-hydrogen) atoms. The average Bonchev–Trinajstić information content (AvgIpc) is 3.24. The summed E-state index contributed by atoms with van der Waals surface area (Å²) in [5.74, 6) is 0.651. The fraction of sp³-hybridized carbons (Fsp3) is 0.364. The summed E-state index contributed by atoms with van der Waals surface area (Å²) in [6, 6.07) is 11.9. The van der Waals surface area contributed by atoms with E-state index in [-0.39, 0.29) is 30.4 Å². The Labute approximate surface area is 196 Å². The number of hydrogen-bond donors (Lipinski definition) is 0. The van der Waals surface area contributed by atoms with Gasteiger partial charge in [0.25, 0.3) is 5.91 Å². The lowest BCUT2D eigenvalue weighted by Gasteiger charge is -2.29. The number of thiazole rings is 1. The largest absolute Gasteiger partial charge is 0.497 e. The lowest BCUT2D eigenvalue weighted by atomic mass is 10.3. The van der Waals surface area contributed by atoms with Gasteiger partial charge in [-0.05, 0) is 36.4 Å². The van der Waals surface area contributed by atoms with E-state index in [0.29, 0.717) is 47.6 Å². The van der Waals surface area contributed by atoms with Crippen LogP contribution in [-0.4, -0.2) is 68.9 Å². The molecule has 1 aromatic heterocycles. The summed E-state index contributed by atoms with van der Waals surface area (Å²) in [7, 11) is 1.59. The third-order valence-electron chi connectivity index (χ3n) is 5.06. The fourth-order valence-electron chi connectivity index (χ4n) is 3.31. The number of halogens is 2. The topological polar surface area (TPSA) is 64.1 Å². The molecular formula is C22H25ClFN3O4S. The fourth-order valence-corrected chi connectivity index (χ4v) is 4.33. The highest BCUT2D eigenvalue weighted by molar-refractivity contribution is 7.22. The summed E-state index contributed by atoms with van der Waals surface area (Å²) in [6.45, 7) is 3.97. The Morgan fingerprint density at radius 2 is 1.91 bits per heavy atom. The minimum absolute atomic E-state index is 0. The van der Waals surface area contributed by atoms with Crippen LogP contribution in [0.25, 0.3) is 10.2 Å². The predicted octanol–water partition coefficient (Wildman–Crippen LogP) is 3.61. The summed E-state index contributed by atoms with van der Waals surface area (Å²) in [5.41, 5.74) is 0.280. The summed E-state index contributed by atoms with van der Waals surface area (Å²) in [4.78, 5) is 21.3. The van der Waals surface area contributed by atoms with Gasteiger partial charge in [-0.25, -0.2) is 9.37 Å². The second-order valence-electron chi connectivity index (χ2n) is 7.05. The number of aromatic nitrogens is 1. The van der Waals surface area contributed by atoms with Crippen molar-refractivity contribution in [3.05, 3.63) is 48.3 Å². The van der Waals surface area contributed by atoms with Crippen LogP contribution < -0.4 is 14.4 Å². The number of amides is 1. The molecule has 1 fully saturated rings. The van der Waals surface area contributed by atoms with Crippen LogP contribution in [-0.2, 0) is 9.53 Å². The van der Waals surface area contributed by atoms with E-state index < -0.39 is 5.82 Å². The molecule has 1 saturated heterocycles. The normalized spacial score (nSPS) is 14.1. The van der Waals surface area contributed by atoms with Crippen molar-refractivity contribution in [2.45, 2.75) is 0 Å². The average molecular weight is 482 g/mol.